The second-order valence-electron chi connectivity index (χ2n) is 5.69. The number of rotatable bonds is 8. The molecule has 2 nitrogen and oxygen atoms in total. The number of hydrogen-bond acceptors (Lipinski definition) is 2. The highest BCUT2D eigenvalue weighted by Gasteiger charge is 2.39. The maximum absolute atomic E-state index is 6.01. The van der Waals surface area contributed by atoms with E-state index in [1.165, 1.54) is 25.7 Å². The van der Waals surface area contributed by atoms with Gasteiger partial charge >= 0.3 is 0 Å². The maximum atomic E-state index is 6.01. The first-order valence-electron chi connectivity index (χ1n) is 7.59. The quantitative estimate of drug-likeness (QED) is 0.577. The molecule has 0 aromatic carbocycles. The highest BCUT2D eigenvalue weighted by Crippen LogP contribution is 2.33. The van der Waals surface area contributed by atoms with Crippen molar-refractivity contribution in [1.82, 2.24) is 0 Å². The Hall–Kier alpha value is -0.340. The van der Waals surface area contributed by atoms with E-state index in [0.717, 1.165) is 19.3 Å². The molecule has 1 rings (SSSR count). The van der Waals surface area contributed by atoms with Crippen LogP contribution in [0.1, 0.15) is 72.6 Å². The Morgan fingerprint density at radius 1 is 0.889 bits per heavy atom. The molecule has 0 N–H and O–H groups in total. The summed E-state index contributed by atoms with van der Waals surface area (Å²) in [6, 6.07) is 0. The van der Waals surface area contributed by atoms with Crippen LogP contribution in [-0.4, -0.2) is 18.0 Å². The van der Waals surface area contributed by atoms with Crippen molar-refractivity contribution < 1.29 is 9.47 Å². The van der Waals surface area contributed by atoms with Crippen LogP contribution in [0.2, 0.25) is 0 Å². The smallest absolute Gasteiger partial charge is 0.163 e. The van der Waals surface area contributed by atoms with Crippen molar-refractivity contribution in [3.8, 4) is 0 Å². The molecule has 1 aliphatic rings. The van der Waals surface area contributed by atoms with E-state index in [0.29, 0.717) is 6.10 Å². The van der Waals surface area contributed by atoms with Crippen molar-refractivity contribution in [2.45, 2.75) is 90.6 Å². The highest BCUT2D eigenvalue weighted by molar-refractivity contribution is 4.86. The lowest BCUT2D eigenvalue weighted by Crippen LogP contribution is -2.22. The molecule has 0 saturated carbocycles. The fourth-order valence-corrected chi connectivity index (χ4v) is 2.47. The van der Waals surface area contributed by atoms with Gasteiger partial charge in [0.2, 0.25) is 0 Å². The molecule has 1 heterocycles. The average molecular weight is 254 g/mol. The SMILES string of the molecule is CCC/C=C/CC[C@H]1OC(C)(C)O[C@H]1CCCC. The van der Waals surface area contributed by atoms with Gasteiger partial charge in [0.15, 0.2) is 5.79 Å². The van der Waals surface area contributed by atoms with Crippen LogP contribution in [0.5, 0.6) is 0 Å². The van der Waals surface area contributed by atoms with Gasteiger partial charge < -0.3 is 9.47 Å². The molecule has 1 saturated heterocycles. The Kier molecular flexibility index (Phi) is 6.95. The Morgan fingerprint density at radius 2 is 1.50 bits per heavy atom. The van der Waals surface area contributed by atoms with Crippen LogP contribution in [0.25, 0.3) is 0 Å². The monoisotopic (exact) mass is 254 g/mol. The number of ether oxygens (including phenoxy) is 2. The van der Waals surface area contributed by atoms with Crippen molar-refractivity contribution in [2.75, 3.05) is 0 Å². The van der Waals surface area contributed by atoms with Gasteiger partial charge in [0.1, 0.15) is 0 Å². The van der Waals surface area contributed by atoms with E-state index in [-0.39, 0.29) is 6.10 Å². The van der Waals surface area contributed by atoms with Crippen molar-refractivity contribution in [3.63, 3.8) is 0 Å². The van der Waals surface area contributed by atoms with Gasteiger partial charge in [-0.1, -0.05) is 45.3 Å². The molecule has 0 unspecified atom stereocenters. The minimum Gasteiger partial charge on any atom is -0.345 e. The van der Waals surface area contributed by atoms with Gasteiger partial charge in [0.25, 0.3) is 0 Å². The fraction of sp³-hybridized carbons (Fsp3) is 0.875. The molecule has 1 fully saturated rings. The van der Waals surface area contributed by atoms with Crippen LogP contribution in [0.15, 0.2) is 12.2 Å². The van der Waals surface area contributed by atoms with Gasteiger partial charge in [-0.25, -0.2) is 0 Å². The summed E-state index contributed by atoms with van der Waals surface area (Å²) < 4.78 is 12.0. The summed E-state index contributed by atoms with van der Waals surface area (Å²) in [6.45, 7) is 8.49. The van der Waals surface area contributed by atoms with Crippen LogP contribution < -0.4 is 0 Å². The molecule has 0 aliphatic carbocycles. The molecule has 0 radical (unpaired) electrons. The third kappa shape index (κ3) is 5.53. The van der Waals surface area contributed by atoms with Gasteiger partial charge in [-0.2, -0.15) is 0 Å². The molecular formula is C16H30O2. The van der Waals surface area contributed by atoms with Crippen molar-refractivity contribution >= 4 is 0 Å². The van der Waals surface area contributed by atoms with Crippen LogP contribution in [-0.2, 0) is 9.47 Å². The summed E-state index contributed by atoms with van der Waals surface area (Å²) in [7, 11) is 0. The zero-order valence-electron chi connectivity index (χ0n) is 12.6. The van der Waals surface area contributed by atoms with E-state index in [9.17, 15) is 0 Å². The summed E-state index contributed by atoms with van der Waals surface area (Å²) in [4.78, 5) is 0. The molecule has 0 spiro atoms. The molecule has 0 bridgehead atoms. The van der Waals surface area contributed by atoms with Crippen molar-refractivity contribution in [3.05, 3.63) is 12.2 Å². The molecule has 1 aliphatic heterocycles. The lowest BCUT2D eigenvalue weighted by atomic mass is 10.0. The predicted molar refractivity (Wildman–Crippen MR) is 76.6 cm³/mol. The van der Waals surface area contributed by atoms with Gasteiger partial charge in [-0.3, -0.25) is 0 Å². The third-order valence-electron chi connectivity index (χ3n) is 3.37. The summed E-state index contributed by atoms with van der Waals surface area (Å²) in [6.07, 6.45) is 13.3. The molecule has 2 atom stereocenters. The zero-order chi connectivity index (χ0) is 13.4. The van der Waals surface area contributed by atoms with Crippen LogP contribution in [0.3, 0.4) is 0 Å². The van der Waals surface area contributed by atoms with E-state index in [1.54, 1.807) is 0 Å². The van der Waals surface area contributed by atoms with Crippen molar-refractivity contribution in [1.29, 1.82) is 0 Å². The number of unbranched alkanes of at least 4 members (excludes halogenated alkanes) is 2. The maximum Gasteiger partial charge on any atom is 0.163 e. The van der Waals surface area contributed by atoms with E-state index >= 15 is 0 Å². The second-order valence-corrected chi connectivity index (χ2v) is 5.69. The highest BCUT2D eigenvalue weighted by atomic mass is 16.7. The molecule has 2 heteroatoms. The van der Waals surface area contributed by atoms with Gasteiger partial charge in [0, 0.05) is 0 Å². The van der Waals surface area contributed by atoms with E-state index in [4.69, 9.17) is 9.47 Å². The summed E-state index contributed by atoms with van der Waals surface area (Å²) in [5, 5.41) is 0. The first-order chi connectivity index (χ1) is 8.59. The topological polar surface area (TPSA) is 18.5 Å². The van der Waals surface area contributed by atoms with Gasteiger partial charge in [0.05, 0.1) is 12.2 Å². The minimum atomic E-state index is -0.393. The second kappa shape index (κ2) is 7.96. The third-order valence-corrected chi connectivity index (χ3v) is 3.37. The van der Waals surface area contributed by atoms with Crippen LogP contribution >= 0.6 is 0 Å². The van der Waals surface area contributed by atoms with Crippen LogP contribution in [0, 0.1) is 0 Å². The van der Waals surface area contributed by atoms with Gasteiger partial charge in [-0.05, 0) is 39.5 Å². The zero-order valence-corrected chi connectivity index (χ0v) is 12.6. The molecule has 106 valence electrons. The molecule has 0 aromatic rings. The average Bonchev–Trinajstić information content (AvgIpc) is 2.61. The fourth-order valence-electron chi connectivity index (χ4n) is 2.47. The minimum absolute atomic E-state index is 0.276. The van der Waals surface area contributed by atoms with E-state index in [2.05, 4.69) is 26.0 Å². The first-order valence-corrected chi connectivity index (χ1v) is 7.59. The molecule has 0 aromatic heterocycles. The predicted octanol–water partition coefficient (Wildman–Crippen LogP) is 4.83. The Balaban J connectivity index is 2.35. The summed E-state index contributed by atoms with van der Waals surface area (Å²) in [5.41, 5.74) is 0. The molecule has 0 amide bonds. The number of allylic oxidation sites excluding steroid dienone is 2. The largest absolute Gasteiger partial charge is 0.345 e. The Morgan fingerprint density at radius 3 is 2.11 bits per heavy atom. The lowest BCUT2D eigenvalue weighted by Gasteiger charge is -2.16. The molecule has 18 heavy (non-hydrogen) atoms. The summed E-state index contributed by atoms with van der Waals surface area (Å²) >= 11 is 0. The Bertz CT molecular complexity index is 245. The standard InChI is InChI=1S/C16H30O2/c1-5-7-9-10-11-13-15-14(12-8-6-2)17-16(3,4)18-15/h9-10,14-15H,5-8,11-13H2,1-4H3/b10-9+/t14-,15+/m0/s1. The van der Waals surface area contributed by atoms with Gasteiger partial charge in [-0.15, -0.1) is 0 Å². The lowest BCUT2D eigenvalue weighted by molar-refractivity contribution is -0.147. The Labute approximate surface area is 113 Å². The molecular weight excluding hydrogens is 224 g/mol. The van der Waals surface area contributed by atoms with Crippen molar-refractivity contribution in [2.24, 2.45) is 0 Å². The normalized spacial score (nSPS) is 27.1. The van der Waals surface area contributed by atoms with Crippen LogP contribution in [0.4, 0.5) is 0 Å². The number of hydrogen-bond donors (Lipinski definition) is 0. The first kappa shape index (κ1) is 15.7. The van der Waals surface area contributed by atoms with E-state index < -0.39 is 5.79 Å². The summed E-state index contributed by atoms with van der Waals surface area (Å²) in [5.74, 6) is -0.393. The van der Waals surface area contributed by atoms with E-state index in [1.807, 2.05) is 13.8 Å².